The van der Waals surface area contributed by atoms with E-state index in [1.54, 1.807) is 9.80 Å². The van der Waals surface area contributed by atoms with Gasteiger partial charge in [0.25, 0.3) is 0 Å². The number of hydrogen-bond donors (Lipinski definition) is 1. The lowest BCUT2D eigenvalue weighted by Crippen LogP contribution is -2.54. The van der Waals surface area contributed by atoms with Crippen LogP contribution < -0.4 is 5.32 Å². The first-order valence-corrected chi connectivity index (χ1v) is 7.76. The number of rotatable bonds is 3. The van der Waals surface area contributed by atoms with Crippen LogP contribution in [0.5, 0.6) is 0 Å². The second-order valence-corrected chi connectivity index (χ2v) is 6.59. The quantitative estimate of drug-likeness (QED) is 0.870. The van der Waals surface area contributed by atoms with Crippen LogP contribution in [-0.2, 0) is 4.74 Å². The highest BCUT2D eigenvalue weighted by Crippen LogP contribution is 2.12. The van der Waals surface area contributed by atoms with Crippen molar-refractivity contribution < 1.29 is 14.3 Å². The molecule has 0 bridgehead atoms. The number of nitrogens with one attached hydrogen (secondary N) is 1. The van der Waals surface area contributed by atoms with Gasteiger partial charge in [0, 0.05) is 32.2 Å². The van der Waals surface area contributed by atoms with Crippen LogP contribution in [0.1, 0.15) is 47.5 Å². The van der Waals surface area contributed by atoms with Gasteiger partial charge in [-0.25, -0.2) is 9.59 Å². The molecule has 21 heavy (non-hydrogen) atoms. The maximum atomic E-state index is 12.1. The third-order valence-electron chi connectivity index (χ3n) is 3.31. The van der Waals surface area contributed by atoms with Gasteiger partial charge in [0.1, 0.15) is 5.60 Å². The zero-order valence-corrected chi connectivity index (χ0v) is 13.9. The molecule has 0 unspecified atom stereocenters. The molecule has 0 aromatic heterocycles. The summed E-state index contributed by atoms with van der Waals surface area (Å²) in [7, 11) is 0. The average Bonchev–Trinajstić information content (AvgIpc) is 2.37. The molecule has 122 valence electrons. The minimum Gasteiger partial charge on any atom is -0.444 e. The Morgan fingerprint density at radius 1 is 1.14 bits per heavy atom. The highest BCUT2D eigenvalue weighted by atomic mass is 16.6. The smallest absolute Gasteiger partial charge is 0.410 e. The molecule has 1 saturated heterocycles. The number of carbonyl (C=O) groups is 2. The van der Waals surface area contributed by atoms with E-state index in [0.29, 0.717) is 26.2 Å². The fourth-order valence-electron chi connectivity index (χ4n) is 2.23. The van der Waals surface area contributed by atoms with E-state index in [0.717, 1.165) is 12.8 Å². The van der Waals surface area contributed by atoms with Crippen LogP contribution in [0.2, 0.25) is 0 Å². The summed E-state index contributed by atoms with van der Waals surface area (Å²) in [5.41, 5.74) is -0.485. The molecule has 0 saturated carbocycles. The van der Waals surface area contributed by atoms with E-state index in [9.17, 15) is 9.59 Å². The third kappa shape index (κ3) is 6.23. The van der Waals surface area contributed by atoms with Crippen molar-refractivity contribution in [2.75, 3.05) is 26.2 Å². The Bertz CT molecular complexity index is 358. The average molecular weight is 299 g/mol. The molecule has 0 aromatic rings. The van der Waals surface area contributed by atoms with Crippen molar-refractivity contribution in [3.05, 3.63) is 0 Å². The Morgan fingerprint density at radius 3 is 2.14 bits per heavy atom. The van der Waals surface area contributed by atoms with Crippen LogP contribution in [-0.4, -0.2) is 59.7 Å². The molecular weight excluding hydrogens is 270 g/mol. The maximum Gasteiger partial charge on any atom is 0.410 e. The van der Waals surface area contributed by atoms with Crippen LogP contribution in [0.25, 0.3) is 0 Å². The van der Waals surface area contributed by atoms with E-state index >= 15 is 0 Å². The van der Waals surface area contributed by atoms with E-state index in [2.05, 4.69) is 12.2 Å². The lowest BCUT2D eigenvalue weighted by molar-refractivity contribution is 0.0169. The van der Waals surface area contributed by atoms with Gasteiger partial charge >= 0.3 is 12.1 Å². The number of urea groups is 1. The molecule has 1 aliphatic heterocycles. The minimum atomic E-state index is -0.485. The first-order valence-electron chi connectivity index (χ1n) is 7.76. The number of piperazine rings is 1. The summed E-state index contributed by atoms with van der Waals surface area (Å²) in [6.45, 7) is 11.8. The second kappa shape index (κ2) is 7.52. The summed E-state index contributed by atoms with van der Waals surface area (Å²) in [5.74, 6) is 0. The Kier molecular flexibility index (Phi) is 6.30. The first kappa shape index (κ1) is 17.6. The number of nitrogens with zero attached hydrogens (tertiary/aromatic N) is 2. The number of hydrogen-bond acceptors (Lipinski definition) is 3. The molecule has 6 nitrogen and oxygen atoms in total. The fraction of sp³-hybridized carbons (Fsp3) is 0.867. The monoisotopic (exact) mass is 299 g/mol. The van der Waals surface area contributed by atoms with Crippen molar-refractivity contribution in [2.45, 2.75) is 59.1 Å². The normalized spacial score (nSPS) is 17.4. The molecule has 0 aromatic carbocycles. The molecule has 1 aliphatic rings. The Hall–Kier alpha value is -1.46. The summed E-state index contributed by atoms with van der Waals surface area (Å²) in [6, 6.07) is 0.145. The minimum absolute atomic E-state index is 0.0419. The SMILES string of the molecule is CCC[C@@H](C)NC(=O)N1CCN(C(=O)OC(C)(C)C)CC1. The van der Waals surface area contributed by atoms with Crippen LogP contribution in [0.3, 0.4) is 0 Å². The predicted octanol–water partition coefficient (Wildman–Crippen LogP) is 2.44. The molecule has 0 aliphatic carbocycles. The molecule has 1 fully saturated rings. The second-order valence-electron chi connectivity index (χ2n) is 6.59. The maximum absolute atomic E-state index is 12.1. The van der Waals surface area contributed by atoms with Gasteiger partial charge in [-0.2, -0.15) is 0 Å². The van der Waals surface area contributed by atoms with E-state index in [-0.39, 0.29) is 18.2 Å². The van der Waals surface area contributed by atoms with Gasteiger partial charge in [-0.05, 0) is 34.1 Å². The molecule has 6 heteroatoms. The molecular formula is C15H29N3O3. The van der Waals surface area contributed by atoms with Crippen molar-refractivity contribution in [1.82, 2.24) is 15.1 Å². The van der Waals surface area contributed by atoms with Gasteiger partial charge in [0.2, 0.25) is 0 Å². The molecule has 0 spiro atoms. The zero-order valence-electron chi connectivity index (χ0n) is 13.9. The molecule has 1 rings (SSSR count). The van der Waals surface area contributed by atoms with Gasteiger partial charge in [-0.3, -0.25) is 0 Å². The van der Waals surface area contributed by atoms with E-state index in [1.807, 2.05) is 27.7 Å². The van der Waals surface area contributed by atoms with Gasteiger partial charge in [-0.15, -0.1) is 0 Å². The van der Waals surface area contributed by atoms with E-state index < -0.39 is 5.60 Å². The number of amides is 3. The number of ether oxygens (including phenoxy) is 1. The molecule has 1 heterocycles. The lowest BCUT2D eigenvalue weighted by atomic mass is 10.2. The number of carbonyl (C=O) groups excluding carboxylic acids is 2. The Labute approximate surface area is 127 Å². The highest BCUT2D eigenvalue weighted by Gasteiger charge is 2.27. The Morgan fingerprint density at radius 2 is 1.67 bits per heavy atom. The van der Waals surface area contributed by atoms with Crippen LogP contribution >= 0.6 is 0 Å². The van der Waals surface area contributed by atoms with Crippen LogP contribution in [0.4, 0.5) is 9.59 Å². The predicted molar refractivity (Wildman–Crippen MR) is 82.3 cm³/mol. The van der Waals surface area contributed by atoms with Crippen LogP contribution in [0, 0.1) is 0 Å². The summed E-state index contributed by atoms with van der Waals surface area (Å²) < 4.78 is 5.34. The van der Waals surface area contributed by atoms with Crippen molar-refractivity contribution in [1.29, 1.82) is 0 Å². The molecule has 1 N–H and O–H groups in total. The first-order chi connectivity index (χ1) is 9.73. The molecule has 3 amide bonds. The van der Waals surface area contributed by atoms with Gasteiger partial charge in [-0.1, -0.05) is 13.3 Å². The van der Waals surface area contributed by atoms with Gasteiger partial charge in [0.05, 0.1) is 0 Å². The summed E-state index contributed by atoms with van der Waals surface area (Å²) in [6.07, 6.45) is 1.72. The van der Waals surface area contributed by atoms with E-state index in [4.69, 9.17) is 4.74 Å². The standard InChI is InChI=1S/C15H29N3O3/c1-6-7-12(2)16-13(19)17-8-10-18(11-9-17)14(20)21-15(3,4)5/h12H,6-11H2,1-5H3,(H,16,19)/t12-/m1/s1. The third-order valence-corrected chi connectivity index (χ3v) is 3.31. The summed E-state index contributed by atoms with van der Waals surface area (Å²) in [4.78, 5) is 27.4. The lowest BCUT2D eigenvalue weighted by Gasteiger charge is -2.36. The van der Waals surface area contributed by atoms with Crippen molar-refractivity contribution in [3.8, 4) is 0 Å². The topological polar surface area (TPSA) is 61.9 Å². The summed E-state index contributed by atoms with van der Waals surface area (Å²) in [5, 5.41) is 2.99. The van der Waals surface area contributed by atoms with Gasteiger partial charge < -0.3 is 19.9 Å². The highest BCUT2D eigenvalue weighted by molar-refractivity contribution is 5.75. The van der Waals surface area contributed by atoms with Crippen molar-refractivity contribution >= 4 is 12.1 Å². The van der Waals surface area contributed by atoms with Gasteiger partial charge in [0.15, 0.2) is 0 Å². The van der Waals surface area contributed by atoms with Crippen molar-refractivity contribution in [2.24, 2.45) is 0 Å². The zero-order chi connectivity index (χ0) is 16.0. The molecule has 1 atom stereocenters. The fourth-order valence-corrected chi connectivity index (χ4v) is 2.23. The largest absolute Gasteiger partial charge is 0.444 e. The van der Waals surface area contributed by atoms with E-state index in [1.165, 1.54) is 0 Å². The summed E-state index contributed by atoms with van der Waals surface area (Å²) >= 11 is 0. The Balaban J connectivity index is 2.38. The van der Waals surface area contributed by atoms with Crippen LogP contribution in [0.15, 0.2) is 0 Å². The molecule has 0 radical (unpaired) electrons. The van der Waals surface area contributed by atoms with Crippen molar-refractivity contribution in [3.63, 3.8) is 0 Å².